The third-order valence-corrected chi connectivity index (χ3v) is 7.01. The lowest BCUT2D eigenvalue weighted by Crippen LogP contribution is -2.58. The Morgan fingerprint density at radius 1 is 1.15 bits per heavy atom. The summed E-state index contributed by atoms with van der Waals surface area (Å²) in [7, 11) is 4.05. The Morgan fingerprint density at radius 2 is 1.96 bits per heavy atom. The van der Waals surface area contributed by atoms with Crippen molar-refractivity contribution in [2.75, 3.05) is 27.3 Å². The Morgan fingerprint density at radius 3 is 2.74 bits per heavy atom. The molecular weight excluding hydrogens is 334 g/mol. The molecule has 4 rings (SSSR count). The number of ether oxygens (including phenoxy) is 2. The lowest BCUT2D eigenvalue weighted by atomic mass is 9.56. The SMILES string of the molecule is COc1ccc2c(c1)[C@]1(CCOCc3ccccc3)CCN(C)[C@H](C2)[C@@H]1C. The van der Waals surface area contributed by atoms with E-state index >= 15 is 0 Å². The molecule has 0 saturated carbocycles. The molecule has 0 unspecified atom stereocenters. The first kappa shape index (κ1) is 18.5. The first-order valence-corrected chi connectivity index (χ1v) is 10.1. The van der Waals surface area contributed by atoms with Gasteiger partial charge in [-0.3, -0.25) is 0 Å². The molecule has 1 saturated heterocycles. The second-order valence-corrected chi connectivity index (χ2v) is 8.26. The molecule has 0 spiro atoms. The van der Waals surface area contributed by atoms with E-state index in [2.05, 4.69) is 67.4 Å². The van der Waals surface area contributed by atoms with Gasteiger partial charge < -0.3 is 14.4 Å². The lowest BCUT2D eigenvalue weighted by Gasteiger charge is -2.55. The summed E-state index contributed by atoms with van der Waals surface area (Å²) in [6, 6.07) is 17.8. The Bertz CT molecular complexity index is 775. The van der Waals surface area contributed by atoms with Crippen LogP contribution in [0.15, 0.2) is 48.5 Å². The lowest BCUT2D eigenvalue weighted by molar-refractivity contribution is 0.0122. The van der Waals surface area contributed by atoms with Crippen LogP contribution in [0.4, 0.5) is 0 Å². The number of hydrogen-bond donors (Lipinski definition) is 0. The average Bonchev–Trinajstić information content (AvgIpc) is 2.70. The van der Waals surface area contributed by atoms with E-state index in [4.69, 9.17) is 9.47 Å². The van der Waals surface area contributed by atoms with Crippen molar-refractivity contribution in [3.05, 3.63) is 65.2 Å². The molecule has 0 amide bonds. The van der Waals surface area contributed by atoms with Crippen molar-refractivity contribution in [3.63, 3.8) is 0 Å². The van der Waals surface area contributed by atoms with Crippen LogP contribution in [-0.2, 0) is 23.2 Å². The fraction of sp³-hybridized carbons (Fsp3) is 0.500. The van der Waals surface area contributed by atoms with Crippen molar-refractivity contribution >= 4 is 0 Å². The molecular formula is C24H31NO2. The molecule has 144 valence electrons. The molecule has 1 heterocycles. The normalized spacial score (nSPS) is 27.2. The highest BCUT2D eigenvalue weighted by molar-refractivity contribution is 5.45. The Hall–Kier alpha value is -1.84. The van der Waals surface area contributed by atoms with Crippen LogP contribution >= 0.6 is 0 Å². The van der Waals surface area contributed by atoms with Crippen molar-refractivity contribution in [2.24, 2.45) is 5.92 Å². The van der Waals surface area contributed by atoms with Gasteiger partial charge >= 0.3 is 0 Å². The van der Waals surface area contributed by atoms with E-state index in [0.29, 0.717) is 18.6 Å². The van der Waals surface area contributed by atoms with Crippen molar-refractivity contribution in [1.29, 1.82) is 0 Å². The molecule has 0 N–H and O–H groups in total. The van der Waals surface area contributed by atoms with Gasteiger partial charge in [-0.05, 0) is 67.6 Å². The van der Waals surface area contributed by atoms with Gasteiger partial charge in [0.25, 0.3) is 0 Å². The van der Waals surface area contributed by atoms with Crippen LogP contribution in [0.3, 0.4) is 0 Å². The topological polar surface area (TPSA) is 21.7 Å². The molecule has 0 aromatic heterocycles. The van der Waals surface area contributed by atoms with Crippen molar-refractivity contribution in [2.45, 2.75) is 44.2 Å². The van der Waals surface area contributed by atoms with Gasteiger partial charge in [-0.1, -0.05) is 43.3 Å². The first-order valence-electron chi connectivity index (χ1n) is 10.1. The van der Waals surface area contributed by atoms with Crippen LogP contribution in [0.1, 0.15) is 36.5 Å². The molecule has 1 aliphatic carbocycles. The van der Waals surface area contributed by atoms with E-state index in [1.807, 2.05) is 0 Å². The molecule has 3 heteroatoms. The number of piperidine rings is 1. The minimum atomic E-state index is 0.190. The van der Waals surface area contributed by atoms with Crippen LogP contribution in [0.2, 0.25) is 0 Å². The maximum Gasteiger partial charge on any atom is 0.119 e. The van der Waals surface area contributed by atoms with Crippen LogP contribution in [0.25, 0.3) is 0 Å². The van der Waals surface area contributed by atoms with E-state index < -0.39 is 0 Å². The minimum absolute atomic E-state index is 0.190. The number of fused-ring (bicyclic) bond motifs is 4. The highest BCUT2D eigenvalue weighted by Crippen LogP contribution is 2.51. The summed E-state index contributed by atoms with van der Waals surface area (Å²) in [5, 5.41) is 0. The summed E-state index contributed by atoms with van der Waals surface area (Å²) in [4.78, 5) is 2.56. The first-order chi connectivity index (χ1) is 13.1. The van der Waals surface area contributed by atoms with Gasteiger partial charge in [0.15, 0.2) is 0 Å². The monoisotopic (exact) mass is 365 g/mol. The van der Waals surface area contributed by atoms with E-state index in [0.717, 1.165) is 31.7 Å². The summed E-state index contributed by atoms with van der Waals surface area (Å²) in [5.41, 5.74) is 4.43. The van der Waals surface area contributed by atoms with Gasteiger partial charge in [-0.25, -0.2) is 0 Å². The van der Waals surface area contributed by atoms with Crippen LogP contribution in [0, 0.1) is 5.92 Å². The number of hydrogen-bond acceptors (Lipinski definition) is 3. The molecule has 2 bridgehead atoms. The van der Waals surface area contributed by atoms with E-state index in [1.165, 1.54) is 23.1 Å². The minimum Gasteiger partial charge on any atom is -0.497 e. The van der Waals surface area contributed by atoms with Gasteiger partial charge in [0.1, 0.15) is 5.75 Å². The summed E-state index contributed by atoms with van der Waals surface area (Å²) in [6.07, 6.45) is 3.41. The standard InChI is InChI=1S/C24H31NO2/c1-18-23-15-20-9-10-21(26-3)16-22(20)24(18,11-13-25(23)2)12-14-27-17-19-7-5-4-6-8-19/h4-10,16,18,23H,11-15,17H2,1-3H3/t18-,23+,24-/m0/s1. The molecule has 1 aliphatic heterocycles. The van der Waals surface area contributed by atoms with Crippen LogP contribution in [0.5, 0.6) is 5.75 Å². The summed E-state index contributed by atoms with van der Waals surface area (Å²) < 4.78 is 11.7. The zero-order valence-corrected chi connectivity index (χ0v) is 16.8. The molecule has 1 fully saturated rings. The zero-order chi connectivity index (χ0) is 18.9. The summed E-state index contributed by atoms with van der Waals surface area (Å²) in [6.45, 7) is 5.09. The molecule has 0 radical (unpaired) electrons. The predicted molar refractivity (Wildman–Crippen MR) is 109 cm³/mol. The second kappa shape index (κ2) is 7.65. The number of likely N-dealkylation sites (tertiary alicyclic amines) is 1. The second-order valence-electron chi connectivity index (χ2n) is 8.26. The van der Waals surface area contributed by atoms with E-state index in [9.17, 15) is 0 Å². The fourth-order valence-corrected chi connectivity index (χ4v) is 5.29. The Balaban J connectivity index is 1.56. The maximum atomic E-state index is 6.11. The van der Waals surface area contributed by atoms with E-state index in [-0.39, 0.29) is 5.41 Å². The smallest absolute Gasteiger partial charge is 0.119 e. The largest absolute Gasteiger partial charge is 0.497 e. The molecule has 27 heavy (non-hydrogen) atoms. The van der Waals surface area contributed by atoms with Gasteiger partial charge in [0, 0.05) is 18.1 Å². The van der Waals surface area contributed by atoms with Crippen LogP contribution in [-0.4, -0.2) is 38.3 Å². The van der Waals surface area contributed by atoms with Crippen LogP contribution < -0.4 is 4.74 Å². The highest BCUT2D eigenvalue weighted by atomic mass is 16.5. The fourth-order valence-electron chi connectivity index (χ4n) is 5.29. The van der Waals surface area contributed by atoms with Gasteiger partial charge in [0.05, 0.1) is 13.7 Å². The number of benzene rings is 2. The van der Waals surface area contributed by atoms with Crippen molar-refractivity contribution in [3.8, 4) is 5.75 Å². The third kappa shape index (κ3) is 3.39. The molecule has 2 aliphatic rings. The number of likely N-dealkylation sites (N-methyl/N-ethyl adjacent to an activating group) is 1. The molecule has 3 nitrogen and oxygen atoms in total. The Labute approximate surface area is 163 Å². The highest BCUT2D eigenvalue weighted by Gasteiger charge is 2.50. The summed E-state index contributed by atoms with van der Waals surface area (Å²) >= 11 is 0. The van der Waals surface area contributed by atoms with Crippen molar-refractivity contribution < 1.29 is 9.47 Å². The third-order valence-electron chi connectivity index (χ3n) is 7.01. The molecule has 3 atom stereocenters. The molecule has 2 aromatic rings. The van der Waals surface area contributed by atoms with Gasteiger partial charge in [-0.2, -0.15) is 0 Å². The van der Waals surface area contributed by atoms with E-state index in [1.54, 1.807) is 7.11 Å². The van der Waals surface area contributed by atoms with Crippen molar-refractivity contribution in [1.82, 2.24) is 4.90 Å². The number of rotatable bonds is 6. The zero-order valence-electron chi connectivity index (χ0n) is 16.8. The summed E-state index contributed by atoms with van der Waals surface area (Å²) in [5.74, 6) is 1.60. The molecule has 2 aromatic carbocycles. The van der Waals surface area contributed by atoms with Gasteiger partial charge in [0.2, 0.25) is 0 Å². The Kier molecular flexibility index (Phi) is 5.25. The van der Waals surface area contributed by atoms with Gasteiger partial charge in [-0.15, -0.1) is 0 Å². The maximum absolute atomic E-state index is 6.11. The number of nitrogens with zero attached hydrogens (tertiary/aromatic N) is 1. The predicted octanol–water partition coefficient (Wildman–Crippen LogP) is 4.44. The average molecular weight is 366 g/mol. The number of methoxy groups -OCH3 is 1. The quantitative estimate of drug-likeness (QED) is 0.707.